The summed E-state index contributed by atoms with van der Waals surface area (Å²) in [6.07, 6.45) is 3.29. The van der Waals surface area contributed by atoms with Gasteiger partial charge in [0.2, 0.25) is 11.9 Å². The second kappa shape index (κ2) is 13.0. The molecule has 1 saturated carbocycles. The minimum Gasteiger partial charge on any atom is -0.450 e. The molecule has 0 unspecified atom stereocenters. The van der Waals surface area contributed by atoms with E-state index in [1.807, 2.05) is 4.90 Å². The third kappa shape index (κ3) is 6.82. The number of amides is 1. The van der Waals surface area contributed by atoms with Crippen molar-refractivity contribution < 1.29 is 27.4 Å². The standard InChI is InChI=1S/C31H33ClF3N9O3/c1-42(29(45)17-4-5-17)25-14-37-22(12-38-25)23(11-36)47-24-13-39-28-27(26(24)32)43(2)30(41-28)40-19-7-6-18(21(10-19)31(33,34)35)15-44-9-8-20(16-44)46-3/h6-7,10-14,17,20,36-37H,4-5,8-9,15-16H2,1-3H3,(H,39,40,41)/b23-22+,36-11?/t20-/m1/s1. The Kier molecular flexibility index (Phi) is 8.96. The smallest absolute Gasteiger partial charge is 0.416 e. The first-order valence-corrected chi connectivity index (χ1v) is 15.3. The fourth-order valence-corrected chi connectivity index (χ4v) is 5.82. The van der Waals surface area contributed by atoms with Crippen molar-refractivity contribution in [1.29, 1.82) is 5.41 Å². The molecule has 1 atom stereocenters. The van der Waals surface area contributed by atoms with Gasteiger partial charge in [0.05, 0.1) is 30.3 Å². The zero-order valence-electron chi connectivity index (χ0n) is 25.9. The number of hydrogen-bond donors (Lipinski definition) is 3. The number of nitrogens with one attached hydrogen (secondary N) is 3. The lowest BCUT2D eigenvalue weighted by molar-refractivity contribution is -0.138. The van der Waals surface area contributed by atoms with Crippen molar-refractivity contribution in [2.45, 2.75) is 38.1 Å². The number of benzene rings is 1. The highest BCUT2D eigenvalue weighted by atomic mass is 35.5. The molecule has 1 amide bonds. The van der Waals surface area contributed by atoms with Gasteiger partial charge in [0.15, 0.2) is 23.0 Å². The van der Waals surface area contributed by atoms with E-state index in [-0.39, 0.29) is 63.9 Å². The van der Waals surface area contributed by atoms with Crippen LogP contribution in [0, 0.1) is 11.3 Å². The van der Waals surface area contributed by atoms with Gasteiger partial charge in [-0.2, -0.15) is 18.2 Å². The lowest BCUT2D eigenvalue weighted by Gasteiger charge is -2.21. The van der Waals surface area contributed by atoms with Crippen LogP contribution in [0.2, 0.25) is 5.02 Å². The van der Waals surface area contributed by atoms with E-state index >= 15 is 0 Å². The van der Waals surface area contributed by atoms with Crippen LogP contribution < -0.4 is 15.4 Å². The van der Waals surface area contributed by atoms with E-state index < -0.39 is 11.7 Å². The molecule has 47 heavy (non-hydrogen) atoms. The maximum absolute atomic E-state index is 14.1. The summed E-state index contributed by atoms with van der Waals surface area (Å²) in [4.78, 5) is 28.9. The van der Waals surface area contributed by atoms with Crippen molar-refractivity contribution in [3.63, 3.8) is 0 Å². The second-order valence-electron chi connectivity index (χ2n) is 11.6. The van der Waals surface area contributed by atoms with E-state index in [1.54, 1.807) is 38.0 Å². The van der Waals surface area contributed by atoms with Crippen LogP contribution >= 0.6 is 11.6 Å². The van der Waals surface area contributed by atoms with Crippen LogP contribution in [-0.2, 0) is 29.3 Å². The normalized spacial score (nSPS) is 19.4. The van der Waals surface area contributed by atoms with Gasteiger partial charge < -0.3 is 30.1 Å². The highest BCUT2D eigenvalue weighted by molar-refractivity contribution is 6.36. The molecule has 1 saturated heterocycles. The van der Waals surface area contributed by atoms with Gasteiger partial charge in [-0.1, -0.05) is 17.7 Å². The number of likely N-dealkylation sites (tertiary alicyclic amines) is 1. The number of aliphatic imine (C=N–C) groups is 1. The van der Waals surface area contributed by atoms with Gasteiger partial charge in [-0.15, -0.1) is 0 Å². The number of hydrogen-bond acceptors (Lipinski definition) is 10. The number of aromatic nitrogens is 3. The Balaban J connectivity index is 1.21. The molecule has 2 aromatic heterocycles. The third-order valence-corrected chi connectivity index (χ3v) is 8.70. The molecule has 2 aliphatic heterocycles. The number of halogens is 4. The van der Waals surface area contributed by atoms with Crippen LogP contribution in [0.5, 0.6) is 5.75 Å². The Morgan fingerprint density at radius 2 is 2.09 bits per heavy atom. The van der Waals surface area contributed by atoms with Crippen molar-refractivity contribution in [3.05, 3.63) is 64.0 Å². The molecule has 0 radical (unpaired) electrons. The quantitative estimate of drug-likeness (QED) is 0.198. The summed E-state index contributed by atoms with van der Waals surface area (Å²) in [5.74, 6) is 0.869. The Bertz CT molecular complexity index is 1820. The summed E-state index contributed by atoms with van der Waals surface area (Å²) in [6.45, 7) is 1.40. The summed E-state index contributed by atoms with van der Waals surface area (Å²) in [5.41, 5.74) is 0.590. The van der Waals surface area contributed by atoms with E-state index in [2.05, 4.69) is 25.6 Å². The predicted octanol–water partition coefficient (Wildman–Crippen LogP) is 5.19. The topological polar surface area (TPSA) is 133 Å². The summed E-state index contributed by atoms with van der Waals surface area (Å²) in [7, 11) is 4.91. The lowest BCUT2D eigenvalue weighted by atomic mass is 10.1. The van der Waals surface area contributed by atoms with Crippen molar-refractivity contribution >= 4 is 52.7 Å². The van der Waals surface area contributed by atoms with Gasteiger partial charge in [0.25, 0.3) is 0 Å². The average Bonchev–Trinajstić information content (AvgIpc) is 3.73. The molecule has 16 heteroatoms. The third-order valence-electron chi connectivity index (χ3n) is 8.33. The van der Waals surface area contributed by atoms with Crippen LogP contribution in [0.4, 0.5) is 24.8 Å². The van der Waals surface area contributed by atoms with Gasteiger partial charge >= 0.3 is 6.18 Å². The SMILES string of the molecule is CO[C@@H]1CCN(Cc2ccc(Nc3nc4ncc(O/C(C=N)=C5\C=NC(N(C)C(=O)C6CC6)=CN5)c(Cl)c4n3C)cc2C(F)(F)F)C1. The van der Waals surface area contributed by atoms with Crippen LogP contribution in [0.1, 0.15) is 30.4 Å². The number of ether oxygens (including phenoxy) is 2. The molecule has 12 nitrogen and oxygen atoms in total. The number of imidazole rings is 1. The molecule has 1 aromatic carbocycles. The molecule has 4 heterocycles. The van der Waals surface area contributed by atoms with E-state index in [4.69, 9.17) is 26.5 Å². The van der Waals surface area contributed by atoms with Gasteiger partial charge in [0, 0.05) is 58.6 Å². The first-order valence-electron chi connectivity index (χ1n) is 14.9. The Morgan fingerprint density at radius 3 is 2.72 bits per heavy atom. The number of nitrogens with zero attached hydrogens (tertiary/aromatic N) is 6. The molecule has 6 rings (SSSR count). The van der Waals surface area contributed by atoms with Gasteiger partial charge in [-0.3, -0.25) is 14.6 Å². The number of allylic oxidation sites excluding steroid dienone is 2. The minimum atomic E-state index is -4.56. The Labute approximate surface area is 273 Å². The van der Waals surface area contributed by atoms with E-state index in [0.717, 1.165) is 31.5 Å². The molecular formula is C31H33ClF3N9O3. The molecule has 248 valence electrons. The largest absolute Gasteiger partial charge is 0.450 e. The molecule has 2 fully saturated rings. The number of aryl methyl sites for hydroxylation is 1. The zero-order valence-corrected chi connectivity index (χ0v) is 26.6. The Hall–Kier alpha value is -4.47. The maximum atomic E-state index is 14.1. The van der Waals surface area contributed by atoms with Crippen LogP contribution in [0.25, 0.3) is 11.2 Å². The summed E-state index contributed by atoms with van der Waals surface area (Å²) >= 11 is 6.72. The Morgan fingerprint density at radius 1 is 1.30 bits per heavy atom. The predicted molar refractivity (Wildman–Crippen MR) is 171 cm³/mol. The number of anilines is 2. The summed E-state index contributed by atoms with van der Waals surface area (Å²) in [6, 6.07) is 4.13. The molecule has 1 aliphatic carbocycles. The van der Waals surface area contributed by atoms with Crippen molar-refractivity contribution in [3.8, 4) is 5.75 Å². The highest BCUT2D eigenvalue weighted by Gasteiger charge is 2.35. The minimum absolute atomic E-state index is 0.00122. The first-order chi connectivity index (χ1) is 22.5. The first kappa shape index (κ1) is 32.5. The van der Waals surface area contributed by atoms with E-state index in [1.165, 1.54) is 23.4 Å². The number of carbonyl (C=O) groups excluding carboxylic acids is 1. The molecule has 0 spiro atoms. The van der Waals surface area contributed by atoms with E-state index in [9.17, 15) is 18.0 Å². The van der Waals surface area contributed by atoms with Gasteiger partial charge in [-0.25, -0.2) is 9.98 Å². The fourth-order valence-electron chi connectivity index (χ4n) is 5.52. The molecule has 3 aliphatic rings. The number of alkyl halides is 3. The lowest BCUT2D eigenvalue weighted by Crippen LogP contribution is -2.30. The fraction of sp³-hybridized carbons (Fsp3) is 0.387. The maximum Gasteiger partial charge on any atom is 0.416 e. The molecular weight excluding hydrogens is 639 g/mol. The molecule has 3 aromatic rings. The van der Waals surface area contributed by atoms with Crippen molar-refractivity contribution in [2.75, 3.05) is 32.6 Å². The number of rotatable bonds is 10. The summed E-state index contributed by atoms with van der Waals surface area (Å²) < 4.78 is 55.2. The number of carbonyl (C=O) groups is 1. The van der Waals surface area contributed by atoms with Crippen LogP contribution in [-0.4, -0.2) is 76.0 Å². The van der Waals surface area contributed by atoms with Crippen LogP contribution in [0.15, 0.2) is 52.9 Å². The number of pyridine rings is 1. The van der Waals surface area contributed by atoms with E-state index in [0.29, 0.717) is 30.1 Å². The zero-order chi connectivity index (χ0) is 33.5. The van der Waals surface area contributed by atoms with Crippen molar-refractivity contribution in [1.82, 2.24) is 29.7 Å². The highest BCUT2D eigenvalue weighted by Crippen LogP contribution is 2.37. The second-order valence-corrected chi connectivity index (χ2v) is 12.0. The average molecular weight is 672 g/mol. The van der Waals surface area contributed by atoms with Crippen molar-refractivity contribution in [2.24, 2.45) is 18.0 Å². The van der Waals surface area contributed by atoms with Gasteiger partial charge in [0.1, 0.15) is 16.2 Å². The monoisotopic (exact) mass is 671 g/mol. The van der Waals surface area contributed by atoms with Crippen LogP contribution in [0.3, 0.4) is 0 Å². The van der Waals surface area contributed by atoms with Gasteiger partial charge in [-0.05, 0) is 37.0 Å². The number of methoxy groups -OCH3 is 1. The molecule has 0 bridgehead atoms. The molecule has 3 N–H and O–H groups in total. The summed E-state index contributed by atoms with van der Waals surface area (Å²) in [5, 5.41) is 14.0. The number of fused-ring (bicyclic) bond motifs is 1.